The van der Waals surface area contributed by atoms with Crippen molar-refractivity contribution in [2.75, 3.05) is 4.90 Å². The number of carbonyl (C=O) groups excluding carboxylic acids is 2. The molecule has 0 radical (unpaired) electrons. The van der Waals surface area contributed by atoms with Crippen LogP contribution in [0.5, 0.6) is 0 Å². The van der Waals surface area contributed by atoms with E-state index < -0.39 is 17.6 Å². The molecule has 0 saturated heterocycles. The standard InChI is InChI=1S/C21H17ClN2O3/c1-21(2,3)27-20(26)24-18-11-14(12-23)7-8-16(18)17(19(24)25)10-13-5-4-6-15(22)9-13/h4-11H,1-3H3/b17-10-. The van der Waals surface area contributed by atoms with E-state index in [1.54, 1.807) is 57.2 Å². The largest absolute Gasteiger partial charge is 0.443 e. The van der Waals surface area contributed by atoms with Crippen molar-refractivity contribution in [3.63, 3.8) is 0 Å². The zero-order valence-corrected chi connectivity index (χ0v) is 15.9. The summed E-state index contributed by atoms with van der Waals surface area (Å²) in [6.45, 7) is 5.17. The molecular weight excluding hydrogens is 364 g/mol. The molecule has 2 amide bonds. The van der Waals surface area contributed by atoms with E-state index in [1.807, 2.05) is 12.1 Å². The fourth-order valence-electron chi connectivity index (χ4n) is 2.75. The minimum Gasteiger partial charge on any atom is -0.443 e. The Morgan fingerprint density at radius 2 is 1.96 bits per heavy atom. The summed E-state index contributed by atoms with van der Waals surface area (Å²) in [5.74, 6) is -0.505. The molecule has 2 aromatic carbocycles. The third kappa shape index (κ3) is 3.86. The highest BCUT2D eigenvalue weighted by Gasteiger charge is 2.39. The van der Waals surface area contributed by atoms with Crippen LogP contribution in [-0.4, -0.2) is 17.6 Å². The van der Waals surface area contributed by atoms with Gasteiger partial charge in [0.2, 0.25) is 0 Å². The zero-order valence-electron chi connectivity index (χ0n) is 15.1. The number of benzene rings is 2. The van der Waals surface area contributed by atoms with Gasteiger partial charge in [0.15, 0.2) is 0 Å². The van der Waals surface area contributed by atoms with Crippen LogP contribution in [-0.2, 0) is 9.53 Å². The van der Waals surface area contributed by atoms with Crippen molar-refractivity contribution in [3.05, 3.63) is 64.2 Å². The molecule has 1 heterocycles. The summed E-state index contributed by atoms with van der Waals surface area (Å²) < 4.78 is 5.37. The molecule has 6 heteroatoms. The van der Waals surface area contributed by atoms with Crippen LogP contribution in [0.1, 0.15) is 37.5 Å². The maximum absolute atomic E-state index is 13.0. The second-order valence-electron chi connectivity index (χ2n) is 7.08. The first-order valence-electron chi connectivity index (χ1n) is 8.29. The minimum absolute atomic E-state index is 0.335. The van der Waals surface area contributed by atoms with Gasteiger partial charge in [-0.1, -0.05) is 29.8 Å². The van der Waals surface area contributed by atoms with E-state index in [4.69, 9.17) is 16.3 Å². The first-order valence-corrected chi connectivity index (χ1v) is 8.66. The van der Waals surface area contributed by atoms with E-state index >= 15 is 0 Å². The molecule has 0 unspecified atom stereocenters. The lowest BCUT2D eigenvalue weighted by Crippen LogP contribution is -2.38. The Hall–Kier alpha value is -3.10. The van der Waals surface area contributed by atoms with Crippen LogP contribution in [0.15, 0.2) is 42.5 Å². The lowest BCUT2D eigenvalue weighted by atomic mass is 10.0. The highest BCUT2D eigenvalue weighted by molar-refractivity contribution is 6.41. The SMILES string of the molecule is CC(C)(C)OC(=O)N1C(=O)/C(=C\c2cccc(Cl)c2)c2ccc(C#N)cc21. The maximum Gasteiger partial charge on any atom is 0.422 e. The van der Waals surface area contributed by atoms with Gasteiger partial charge in [-0.3, -0.25) is 4.79 Å². The molecule has 1 aliphatic heterocycles. The number of anilines is 1. The van der Waals surface area contributed by atoms with E-state index in [0.717, 1.165) is 10.5 Å². The van der Waals surface area contributed by atoms with E-state index in [2.05, 4.69) is 0 Å². The molecule has 0 N–H and O–H groups in total. The van der Waals surface area contributed by atoms with Crippen LogP contribution in [0.2, 0.25) is 5.02 Å². The molecule has 27 heavy (non-hydrogen) atoms. The van der Waals surface area contributed by atoms with Crippen LogP contribution in [0.25, 0.3) is 11.6 Å². The number of imide groups is 1. The lowest BCUT2D eigenvalue weighted by Gasteiger charge is -2.23. The number of rotatable bonds is 1. The first-order chi connectivity index (χ1) is 12.7. The highest BCUT2D eigenvalue weighted by Crippen LogP contribution is 2.39. The smallest absolute Gasteiger partial charge is 0.422 e. The molecule has 3 rings (SSSR count). The molecule has 0 spiro atoms. The predicted molar refractivity (Wildman–Crippen MR) is 104 cm³/mol. The number of halogens is 1. The van der Waals surface area contributed by atoms with Gasteiger partial charge in [0.05, 0.1) is 22.9 Å². The average molecular weight is 381 g/mol. The van der Waals surface area contributed by atoms with Gasteiger partial charge in [0.25, 0.3) is 5.91 Å². The zero-order chi connectivity index (χ0) is 19.8. The molecule has 0 aliphatic carbocycles. The van der Waals surface area contributed by atoms with Crippen molar-refractivity contribution in [1.82, 2.24) is 0 Å². The molecule has 5 nitrogen and oxygen atoms in total. The quantitative estimate of drug-likeness (QED) is 0.650. The number of carbonyl (C=O) groups is 2. The van der Waals surface area contributed by atoms with Gasteiger partial charge in [0, 0.05) is 10.6 Å². The van der Waals surface area contributed by atoms with Crippen molar-refractivity contribution in [2.24, 2.45) is 0 Å². The summed E-state index contributed by atoms with van der Waals surface area (Å²) in [5, 5.41) is 9.72. The molecule has 0 saturated carbocycles. The fourth-order valence-corrected chi connectivity index (χ4v) is 2.95. The summed E-state index contributed by atoms with van der Waals surface area (Å²) in [5.41, 5.74) is 1.55. The van der Waals surface area contributed by atoms with Crippen LogP contribution in [0.4, 0.5) is 10.5 Å². The second-order valence-corrected chi connectivity index (χ2v) is 7.51. The Labute approximate surface area is 162 Å². The van der Waals surface area contributed by atoms with E-state index in [-0.39, 0.29) is 0 Å². The van der Waals surface area contributed by atoms with Gasteiger partial charge in [-0.25, -0.2) is 9.69 Å². The van der Waals surface area contributed by atoms with E-state index in [0.29, 0.717) is 27.4 Å². The number of fused-ring (bicyclic) bond motifs is 1. The van der Waals surface area contributed by atoms with Gasteiger partial charge in [-0.15, -0.1) is 0 Å². The van der Waals surface area contributed by atoms with Crippen molar-refractivity contribution in [1.29, 1.82) is 5.26 Å². The van der Waals surface area contributed by atoms with Gasteiger partial charge in [-0.2, -0.15) is 5.26 Å². The monoisotopic (exact) mass is 380 g/mol. The topological polar surface area (TPSA) is 70.4 Å². The number of nitriles is 1. The number of amides is 2. The number of nitrogens with zero attached hydrogens (tertiary/aromatic N) is 2. The summed E-state index contributed by atoms with van der Waals surface area (Å²) in [6.07, 6.45) is 0.891. The molecule has 1 aliphatic rings. The molecular formula is C21H17ClN2O3. The molecule has 2 aromatic rings. The molecule has 0 fully saturated rings. The summed E-state index contributed by atoms with van der Waals surface area (Å²) >= 11 is 6.02. The maximum atomic E-state index is 13.0. The lowest BCUT2D eigenvalue weighted by molar-refractivity contribution is -0.112. The summed E-state index contributed by atoms with van der Waals surface area (Å²) in [7, 11) is 0. The number of hydrogen-bond donors (Lipinski definition) is 0. The van der Waals surface area contributed by atoms with Gasteiger partial charge in [0.1, 0.15) is 5.60 Å². The summed E-state index contributed by atoms with van der Waals surface area (Å²) in [4.78, 5) is 26.6. The third-order valence-corrected chi connectivity index (χ3v) is 4.06. The first kappa shape index (κ1) is 18.7. The van der Waals surface area contributed by atoms with Crippen LogP contribution >= 0.6 is 11.6 Å². The molecule has 136 valence electrons. The molecule has 0 aromatic heterocycles. The summed E-state index contributed by atoms with van der Waals surface area (Å²) in [6, 6.07) is 13.8. The number of ether oxygens (including phenoxy) is 1. The van der Waals surface area contributed by atoms with Crippen molar-refractivity contribution in [2.45, 2.75) is 26.4 Å². The Balaban J connectivity index is 2.12. The van der Waals surface area contributed by atoms with Crippen molar-refractivity contribution in [3.8, 4) is 6.07 Å². The van der Waals surface area contributed by atoms with Gasteiger partial charge >= 0.3 is 6.09 Å². The minimum atomic E-state index is -0.779. The number of hydrogen-bond acceptors (Lipinski definition) is 4. The Kier molecular flexibility index (Phi) is 4.77. The van der Waals surface area contributed by atoms with Crippen LogP contribution in [0.3, 0.4) is 0 Å². The van der Waals surface area contributed by atoms with E-state index in [9.17, 15) is 14.9 Å². The fraction of sp³-hybridized carbons (Fsp3) is 0.190. The van der Waals surface area contributed by atoms with Crippen LogP contribution in [0, 0.1) is 11.3 Å². The van der Waals surface area contributed by atoms with Gasteiger partial charge < -0.3 is 4.74 Å². The average Bonchev–Trinajstić information content (AvgIpc) is 2.84. The van der Waals surface area contributed by atoms with Gasteiger partial charge in [-0.05, 0) is 56.7 Å². The Morgan fingerprint density at radius 3 is 2.59 bits per heavy atom. The normalized spacial score (nSPS) is 14.9. The Morgan fingerprint density at radius 1 is 1.22 bits per heavy atom. The second kappa shape index (κ2) is 6.90. The molecule has 0 bridgehead atoms. The third-order valence-electron chi connectivity index (χ3n) is 3.83. The predicted octanol–water partition coefficient (Wildman–Crippen LogP) is 5.03. The van der Waals surface area contributed by atoms with Crippen LogP contribution < -0.4 is 4.90 Å². The highest BCUT2D eigenvalue weighted by atomic mass is 35.5. The van der Waals surface area contributed by atoms with Crippen molar-refractivity contribution < 1.29 is 14.3 Å². The Bertz CT molecular complexity index is 1010. The van der Waals surface area contributed by atoms with E-state index in [1.165, 1.54) is 6.07 Å². The van der Waals surface area contributed by atoms with Crippen molar-refractivity contribution >= 4 is 40.9 Å². The molecule has 0 atom stereocenters.